The van der Waals surface area contributed by atoms with Gasteiger partial charge in [-0.3, -0.25) is 9.48 Å². The Hall–Kier alpha value is -2.61. The van der Waals surface area contributed by atoms with Crippen molar-refractivity contribution in [3.05, 3.63) is 63.8 Å². The molecule has 2 aromatic heterocycles. The van der Waals surface area contributed by atoms with Gasteiger partial charge in [0.05, 0.1) is 16.1 Å². The van der Waals surface area contributed by atoms with Crippen LogP contribution in [0.2, 0.25) is 0 Å². The highest BCUT2D eigenvalue weighted by Crippen LogP contribution is 2.33. The number of nitrogens with one attached hydrogen (secondary N) is 1. The number of rotatable bonds is 4. The quantitative estimate of drug-likeness (QED) is 0.698. The number of hydrogen-bond acceptors (Lipinski definition) is 3. The number of aromatic nitrogens is 2. The summed E-state index contributed by atoms with van der Waals surface area (Å²) in [5.41, 5.74) is 2.56. The van der Waals surface area contributed by atoms with E-state index >= 15 is 0 Å². The van der Waals surface area contributed by atoms with Crippen molar-refractivity contribution in [3.8, 4) is 10.4 Å². The first-order chi connectivity index (χ1) is 12.7. The van der Waals surface area contributed by atoms with E-state index in [1.165, 1.54) is 17.4 Å². The molecule has 0 aliphatic rings. The molecule has 0 spiro atoms. The molecule has 2 heterocycles. The number of nitrogens with zero attached hydrogens (tertiary/aromatic N) is 2. The van der Waals surface area contributed by atoms with E-state index in [0.29, 0.717) is 10.4 Å². The predicted octanol–water partition coefficient (Wildman–Crippen LogP) is 4.71. The molecule has 0 bridgehead atoms. The van der Waals surface area contributed by atoms with E-state index in [-0.39, 0.29) is 12.5 Å². The number of benzene rings is 1. The van der Waals surface area contributed by atoms with Gasteiger partial charge in [0.15, 0.2) is 0 Å². The highest BCUT2D eigenvalue weighted by atomic mass is 32.1. The topological polar surface area (TPSA) is 46.9 Å². The minimum absolute atomic E-state index is 0.0287. The smallest absolute Gasteiger partial charge is 0.347 e. The van der Waals surface area contributed by atoms with Gasteiger partial charge in [-0.05, 0) is 43.7 Å². The molecule has 0 aliphatic carbocycles. The Bertz CT molecular complexity index is 988. The fraction of sp³-hybridized carbons (Fsp3) is 0.263. The van der Waals surface area contributed by atoms with Gasteiger partial charge in [0, 0.05) is 29.7 Å². The van der Waals surface area contributed by atoms with Gasteiger partial charge in [-0.1, -0.05) is 12.1 Å². The minimum atomic E-state index is -4.40. The number of alkyl halides is 3. The summed E-state index contributed by atoms with van der Waals surface area (Å²) in [6.07, 6.45) is -4.40. The molecule has 8 heteroatoms. The SMILES string of the molecule is Cc1nn(C)c(C)c1-c1ccc(C(=O)NCc2cccc(C(F)(F)F)c2)s1. The molecule has 0 radical (unpaired) electrons. The van der Waals surface area contributed by atoms with E-state index in [0.717, 1.165) is 34.0 Å². The summed E-state index contributed by atoms with van der Waals surface area (Å²) in [5.74, 6) is -0.317. The first-order valence-electron chi connectivity index (χ1n) is 8.21. The lowest BCUT2D eigenvalue weighted by atomic mass is 10.1. The zero-order valence-electron chi connectivity index (χ0n) is 15.0. The number of thiophene rings is 1. The third-order valence-electron chi connectivity index (χ3n) is 4.29. The molecule has 0 saturated carbocycles. The van der Waals surface area contributed by atoms with E-state index in [1.54, 1.807) is 16.8 Å². The molecular weight excluding hydrogens is 375 g/mol. The summed E-state index contributed by atoms with van der Waals surface area (Å²) in [6.45, 7) is 3.90. The zero-order valence-corrected chi connectivity index (χ0v) is 15.8. The van der Waals surface area contributed by atoms with Gasteiger partial charge < -0.3 is 5.32 Å². The van der Waals surface area contributed by atoms with Crippen molar-refractivity contribution < 1.29 is 18.0 Å². The van der Waals surface area contributed by atoms with Gasteiger partial charge in [0.1, 0.15) is 0 Å². The van der Waals surface area contributed by atoms with Crippen LogP contribution >= 0.6 is 11.3 Å². The van der Waals surface area contributed by atoms with Crippen LogP contribution in [0.25, 0.3) is 10.4 Å². The molecule has 0 aliphatic heterocycles. The summed E-state index contributed by atoms with van der Waals surface area (Å²) >= 11 is 1.33. The van der Waals surface area contributed by atoms with E-state index in [9.17, 15) is 18.0 Å². The zero-order chi connectivity index (χ0) is 19.8. The van der Waals surface area contributed by atoms with Gasteiger partial charge in [0.25, 0.3) is 5.91 Å². The van der Waals surface area contributed by atoms with E-state index < -0.39 is 11.7 Å². The Morgan fingerprint density at radius 1 is 1.22 bits per heavy atom. The van der Waals surface area contributed by atoms with Crippen LogP contribution in [0.5, 0.6) is 0 Å². The third kappa shape index (κ3) is 4.05. The molecule has 1 aromatic carbocycles. The monoisotopic (exact) mass is 393 g/mol. The Kier molecular flexibility index (Phi) is 5.10. The summed E-state index contributed by atoms with van der Waals surface area (Å²) in [7, 11) is 1.86. The molecule has 4 nitrogen and oxygen atoms in total. The van der Waals surface area contributed by atoms with Crippen molar-refractivity contribution in [2.45, 2.75) is 26.6 Å². The molecule has 1 N–H and O–H groups in total. The Morgan fingerprint density at radius 2 is 1.96 bits per heavy atom. The lowest BCUT2D eigenvalue weighted by Crippen LogP contribution is -2.22. The minimum Gasteiger partial charge on any atom is -0.347 e. The second-order valence-corrected chi connectivity index (χ2v) is 7.30. The molecular formula is C19H18F3N3OS. The molecule has 142 valence electrons. The predicted molar refractivity (Wildman–Crippen MR) is 98.6 cm³/mol. The Labute approximate surface area is 158 Å². The van der Waals surface area contributed by atoms with Crippen molar-refractivity contribution in [3.63, 3.8) is 0 Å². The molecule has 0 unspecified atom stereocenters. The summed E-state index contributed by atoms with van der Waals surface area (Å²) < 4.78 is 40.1. The van der Waals surface area contributed by atoms with Crippen LogP contribution < -0.4 is 5.32 Å². The Balaban J connectivity index is 1.72. The number of amides is 1. The number of carbonyl (C=O) groups is 1. The van der Waals surface area contributed by atoms with Crippen LogP contribution in [0.1, 0.15) is 32.2 Å². The van der Waals surface area contributed by atoms with Gasteiger partial charge in [0.2, 0.25) is 0 Å². The van der Waals surface area contributed by atoms with Gasteiger partial charge in [-0.15, -0.1) is 11.3 Å². The van der Waals surface area contributed by atoms with Crippen molar-refractivity contribution in [1.82, 2.24) is 15.1 Å². The Morgan fingerprint density at radius 3 is 2.59 bits per heavy atom. The molecule has 0 atom stereocenters. The van der Waals surface area contributed by atoms with Crippen molar-refractivity contribution in [2.24, 2.45) is 7.05 Å². The van der Waals surface area contributed by atoms with Crippen LogP contribution in [-0.2, 0) is 19.8 Å². The maximum absolute atomic E-state index is 12.8. The first kappa shape index (κ1) is 19.2. The number of hydrogen-bond donors (Lipinski definition) is 1. The highest BCUT2D eigenvalue weighted by molar-refractivity contribution is 7.17. The van der Waals surface area contributed by atoms with Crippen molar-refractivity contribution in [1.29, 1.82) is 0 Å². The van der Waals surface area contributed by atoms with Gasteiger partial charge in [-0.25, -0.2) is 0 Å². The molecule has 1 amide bonds. The first-order valence-corrected chi connectivity index (χ1v) is 9.03. The summed E-state index contributed by atoms with van der Waals surface area (Å²) in [5, 5.41) is 7.05. The standard InChI is InChI=1S/C19H18F3N3OS/c1-11-17(12(2)25(3)24-11)15-7-8-16(27-15)18(26)23-10-13-5-4-6-14(9-13)19(20,21)22/h4-9H,10H2,1-3H3,(H,23,26). The fourth-order valence-electron chi connectivity index (χ4n) is 2.85. The summed E-state index contributed by atoms with van der Waals surface area (Å²) in [6, 6.07) is 8.52. The average molecular weight is 393 g/mol. The van der Waals surface area contributed by atoms with E-state index in [4.69, 9.17) is 0 Å². The number of aryl methyl sites for hydroxylation is 2. The highest BCUT2D eigenvalue weighted by Gasteiger charge is 2.30. The lowest BCUT2D eigenvalue weighted by Gasteiger charge is -2.09. The van der Waals surface area contributed by atoms with Gasteiger partial charge >= 0.3 is 6.18 Å². The molecule has 3 aromatic rings. The second-order valence-electron chi connectivity index (χ2n) is 6.21. The lowest BCUT2D eigenvalue weighted by molar-refractivity contribution is -0.137. The molecule has 3 rings (SSSR count). The second kappa shape index (κ2) is 7.19. The maximum Gasteiger partial charge on any atom is 0.416 e. The van der Waals surface area contributed by atoms with Crippen LogP contribution in [0.15, 0.2) is 36.4 Å². The van der Waals surface area contributed by atoms with E-state index in [2.05, 4.69) is 10.4 Å². The maximum atomic E-state index is 12.8. The summed E-state index contributed by atoms with van der Waals surface area (Å²) in [4.78, 5) is 13.8. The van der Waals surface area contributed by atoms with E-state index in [1.807, 2.05) is 27.0 Å². The largest absolute Gasteiger partial charge is 0.416 e. The third-order valence-corrected chi connectivity index (χ3v) is 5.39. The average Bonchev–Trinajstić information content (AvgIpc) is 3.17. The number of halogens is 3. The molecule has 0 fully saturated rings. The van der Waals surface area contributed by atoms with Crippen LogP contribution in [-0.4, -0.2) is 15.7 Å². The normalized spacial score (nSPS) is 11.6. The van der Waals surface area contributed by atoms with Gasteiger partial charge in [-0.2, -0.15) is 18.3 Å². The van der Waals surface area contributed by atoms with Crippen LogP contribution in [0.3, 0.4) is 0 Å². The van der Waals surface area contributed by atoms with Crippen molar-refractivity contribution >= 4 is 17.2 Å². The van der Waals surface area contributed by atoms with Crippen LogP contribution in [0.4, 0.5) is 13.2 Å². The molecule has 27 heavy (non-hydrogen) atoms. The van der Waals surface area contributed by atoms with Crippen molar-refractivity contribution in [2.75, 3.05) is 0 Å². The fourth-order valence-corrected chi connectivity index (χ4v) is 3.92. The molecule has 0 saturated heterocycles. The van der Waals surface area contributed by atoms with Crippen LogP contribution in [0, 0.1) is 13.8 Å². The number of carbonyl (C=O) groups excluding carboxylic acids is 1.